The molecule has 0 fully saturated rings. The average Bonchev–Trinajstić information content (AvgIpc) is 2.41. The Morgan fingerprint density at radius 1 is 1.41 bits per heavy atom. The molecule has 0 aromatic heterocycles. The van der Waals surface area contributed by atoms with Gasteiger partial charge in [-0.05, 0) is 35.1 Å². The number of non-ortho nitro benzene ring substituents is 1. The van der Waals surface area contributed by atoms with Crippen molar-refractivity contribution in [1.29, 1.82) is 0 Å². The number of carbonyl (C=O) groups is 1. The number of ether oxygens (including phenoxy) is 1. The van der Waals surface area contributed by atoms with Crippen molar-refractivity contribution in [3.8, 4) is 0 Å². The van der Waals surface area contributed by atoms with Crippen molar-refractivity contribution in [2.75, 3.05) is 19.8 Å². The van der Waals surface area contributed by atoms with Gasteiger partial charge >= 0.3 is 6.18 Å². The third-order valence-electron chi connectivity index (χ3n) is 2.42. The summed E-state index contributed by atoms with van der Waals surface area (Å²) in [6.45, 7) is -1.37. The van der Waals surface area contributed by atoms with E-state index in [2.05, 4.69) is 10.1 Å². The highest BCUT2D eigenvalue weighted by atomic mass is 127. The van der Waals surface area contributed by atoms with Gasteiger partial charge in [-0.2, -0.15) is 13.2 Å². The van der Waals surface area contributed by atoms with Crippen LogP contribution in [-0.4, -0.2) is 36.8 Å². The summed E-state index contributed by atoms with van der Waals surface area (Å²) in [6, 6.07) is 3.88. The molecule has 22 heavy (non-hydrogen) atoms. The summed E-state index contributed by atoms with van der Waals surface area (Å²) in [4.78, 5) is 21.9. The van der Waals surface area contributed by atoms with Gasteiger partial charge < -0.3 is 10.1 Å². The molecule has 1 aromatic rings. The third-order valence-corrected chi connectivity index (χ3v) is 3.36. The molecule has 0 spiro atoms. The number of hydrogen-bond acceptors (Lipinski definition) is 4. The molecule has 0 aliphatic carbocycles. The van der Waals surface area contributed by atoms with Gasteiger partial charge in [0.1, 0.15) is 6.61 Å². The third kappa shape index (κ3) is 6.56. The van der Waals surface area contributed by atoms with E-state index in [0.717, 1.165) is 6.07 Å². The van der Waals surface area contributed by atoms with Gasteiger partial charge in [-0.1, -0.05) is 0 Å². The van der Waals surface area contributed by atoms with Crippen LogP contribution in [0, 0.1) is 13.7 Å². The van der Waals surface area contributed by atoms with Crippen LogP contribution in [0.15, 0.2) is 18.2 Å². The quantitative estimate of drug-likeness (QED) is 0.311. The van der Waals surface area contributed by atoms with E-state index in [4.69, 9.17) is 0 Å². The lowest BCUT2D eigenvalue weighted by molar-refractivity contribution is -0.384. The van der Waals surface area contributed by atoms with Crippen LogP contribution in [0.4, 0.5) is 18.9 Å². The minimum absolute atomic E-state index is 0.107. The largest absolute Gasteiger partial charge is 0.411 e. The smallest absolute Gasteiger partial charge is 0.372 e. The summed E-state index contributed by atoms with van der Waals surface area (Å²) in [5.41, 5.74) is -0.0647. The molecule has 0 saturated heterocycles. The van der Waals surface area contributed by atoms with Crippen LogP contribution in [-0.2, 0) is 4.74 Å². The zero-order chi connectivity index (χ0) is 16.8. The van der Waals surface area contributed by atoms with E-state index in [1.54, 1.807) is 0 Å². The van der Waals surface area contributed by atoms with Crippen LogP contribution >= 0.6 is 22.6 Å². The predicted octanol–water partition coefficient (Wildman–Crippen LogP) is 2.90. The molecule has 122 valence electrons. The standard InChI is InChI=1S/C12H12F3IN2O4/c13-12(14,15)7-22-5-1-4-17-11(19)9-6-8(18(20)21)2-3-10(9)16/h2-3,6H,1,4-5,7H2,(H,17,19). The molecule has 10 heteroatoms. The molecule has 0 bridgehead atoms. The van der Waals surface area contributed by atoms with Crippen LogP contribution in [0.5, 0.6) is 0 Å². The van der Waals surface area contributed by atoms with E-state index < -0.39 is 23.6 Å². The SMILES string of the molecule is O=C(NCCCOCC(F)(F)F)c1cc([N+](=O)[O-])ccc1I. The maximum Gasteiger partial charge on any atom is 0.411 e. The van der Waals surface area contributed by atoms with Crippen LogP contribution in [0.2, 0.25) is 0 Å². The van der Waals surface area contributed by atoms with Gasteiger partial charge in [-0.15, -0.1) is 0 Å². The summed E-state index contributed by atoms with van der Waals surface area (Å²) in [6.07, 6.45) is -4.17. The van der Waals surface area contributed by atoms with Gasteiger partial charge in [-0.25, -0.2) is 0 Å². The molecule has 1 N–H and O–H groups in total. The van der Waals surface area contributed by atoms with Crippen molar-refractivity contribution in [1.82, 2.24) is 5.32 Å². The van der Waals surface area contributed by atoms with Gasteiger partial charge in [0.05, 0.1) is 10.5 Å². The first-order chi connectivity index (χ1) is 10.2. The molecule has 1 aromatic carbocycles. The highest BCUT2D eigenvalue weighted by molar-refractivity contribution is 14.1. The summed E-state index contributed by atoms with van der Waals surface area (Å²) in [5.74, 6) is -0.524. The van der Waals surface area contributed by atoms with E-state index in [1.807, 2.05) is 22.6 Å². The lowest BCUT2D eigenvalue weighted by Gasteiger charge is -2.09. The van der Waals surface area contributed by atoms with Crippen molar-refractivity contribution in [3.05, 3.63) is 37.4 Å². The van der Waals surface area contributed by atoms with Crippen LogP contribution in [0.25, 0.3) is 0 Å². The maximum atomic E-state index is 11.9. The van der Waals surface area contributed by atoms with Gasteiger partial charge in [0.25, 0.3) is 11.6 Å². The second-order valence-corrected chi connectivity index (χ2v) is 5.36. The Labute approximate surface area is 137 Å². The maximum absolute atomic E-state index is 11.9. The number of alkyl halides is 3. The first kappa shape index (κ1) is 18.6. The fourth-order valence-electron chi connectivity index (χ4n) is 1.46. The molecule has 1 rings (SSSR count). The minimum atomic E-state index is -4.37. The summed E-state index contributed by atoms with van der Waals surface area (Å²) in [7, 11) is 0. The molecule has 0 saturated carbocycles. The number of benzene rings is 1. The Morgan fingerprint density at radius 2 is 2.09 bits per heavy atom. The van der Waals surface area contributed by atoms with Crippen molar-refractivity contribution in [3.63, 3.8) is 0 Å². The number of nitrogens with one attached hydrogen (secondary N) is 1. The second kappa shape index (κ2) is 8.27. The molecule has 6 nitrogen and oxygen atoms in total. The Bertz CT molecular complexity index is 552. The van der Waals surface area contributed by atoms with E-state index in [9.17, 15) is 28.1 Å². The summed E-state index contributed by atoms with van der Waals surface area (Å²) < 4.78 is 40.4. The van der Waals surface area contributed by atoms with Crippen LogP contribution in [0.3, 0.4) is 0 Å². The second-order valence-electron chi connectivity index (χ2n) is 4.20. The molecule has 0 unspecified atom stereocenters. The number of rotatable bonds is 7. The van der Waals surface area contributed by atoms with Crippen molar-refractivity contribution < 1.29 is 27.6 Å². The van der Waals surface area contributed by atoms with E-state index in [1.165, 1.54) is 12.1 Å². The predicted molar refractivity (Wildman–Crippen MR) is 79.6 cm³/mol. The number of hydrogen-bond donors (Lipinski definition) is 1. The van der Waals surface area contributed by atoms with Crippen molar-refractivity contribution >= 4 is 34.2 Å². The normalized spacial score (nSPS) is 11.3. The van der Waals surface area contributed by atoms with Gasteiger partial charge in [0.2, 0.25) is 0 Å². The zero-order valence-corrected chi connectivity index (χ0v) is 13.3. The average molecular weight is 432 g/mol. The summed E-state index contributed by atoms with van der Waals surface area (Å²) >= 11 is 1.87. The zero-order valence-electron chi connectivity index (χ0n) is 11.2. The Kier molecular flexibility index (Phi) is 7.00. The summed E-state index contributed by atoms with van der Waals surface area (Å²) in [5, 5.41) is 13.1. The highest BCUT2D eigenvalue weighted by Gasteiger charge is 2.27. The number of nitro groups is 1. The number of halogens is 4. The van der Waals surface area contributed by atoms with Gasteiger partial charge in [-0.3, -0.25) is 14.9 Å². The minimum Gasteiger partial charge on any atom is -0.372 e. The first-order valence-corrected chi connectivity index (χ1v) is 7.15. The highest BCUT2D eigenvalue weighted by Crippen LogP contribution is 2.19. The molecule has 0 atom stereocenters. The molecule has 1 amide bonds. The first-order valence-electron chi connectivity index (χ1n) is 6.07. The number of carbonyl (C=O) groups excluding carboxylic acids is 1. The van der Waals surface area contributed by atoms with E-state index >= 15 is 0 Å². The Hall–Kier alpha value is -1.43. The molecular weight excluding hydrogens is 420 g/mol. The van der Waals surface area contributed by atoms with E-state index in [-0.39, 0.29) is 30.8 Å². The van der Waals surface area contributed by atoms with Gasteiger partial charge in [0, 0.05) is 28.9 Å². The fraction of sp³-hybridized carbons (Fsp3) is 0.417. The number of nitrogens with zero attached hydrogens (tertiary/aromatic N) is 1. The fourth-order valence-corrected chi connectivity index (χ4v) is 2.04. The molecular formula is C12H12F3IN2O4. The van der Waals surface area contributed by atoms with Gasteiger partial charge in [0.15, 0.2) is 0 Å². The number of nitro benzene ring substituents is 1. The molecule has 0 heterocycles. The Balaban J connectivity index is 2.43. The van der Waals surface area contributed by atoms with Crippen LogP contribution in [0.1, 0.15) is 16.8 Å². The number of amides is 1. The monoisotopic (exact) mass is 432 g/mol. The lowest BCUT2D eigenvalue weighted by atomic mass is 10.2. The molecule has 0 radical (unpaired) electrons. The Morgan fingerprint density at radius 3 is 2.68 bits per heavy atom. The molecule has 0 aliphatic rings. The van der Waals surface area contributed by atoms with Crippen LogP contribution < -0.4 is 5.32 Å². The van der Waals surface area contributed by atoms with Crippen molar-refractivity contribution in [2.45, 2.75) is 12.6 Å². The lowest BCUT2D eigenvalue weighted by Crippen LogP contribution is -2.26. The topological polar surface area (TPSA) is 81.5 Å². The van der Waals surface area contributed by atoms with E-state index in [0.29, 0.717) is 3.57 Å². The molecule has 0 aliphatic heterocycles. The van der Waals surface area contributed by atoms with Crippen molar-refractivity contribution in [2.24, 2.45) is 0 Å².